The maximum atomic E-state index is 15.5. The fourth-order valence-corrected chi connectivity index (χ4v) is 10.9. The Balaban J connectivity index is 1.14. The topological polar surface area (TPSA) is 116 Å². The zero-order valence-electron chi connectivity index (χ0n) is 33.6. The van der Waals surface area contributed by atoms with Crippen LogP contribution in [0.3, 0.4) is 0 Å². The number of carbonyl (C=O) groups is 2. The third-order valence-corrected chi connectivity index (χ3v) is 14.4. The van der Waals surface area contributed by atoms with E-state index in [-0.39, 0.29) is 35.9 Å². The van der Waals surface area contributed by atoms with Crippen molar-refractivity contribution in [2.45, 2.75) is 63.5 Å². The van der Waals surface area contributed by atoms with E-state index in [1.807, 2.05) is 53.4 Å². The van der Waals surface area contributed by atoms with Gasteiger partial charge in [0.15, 0.2) is 0 Å². The Morgan fingerprint density at radius 2 is 1.53 bits per heavy atom. The van der Waals surface area contributed by atoms with E-state index in [9.17, 15) is 18.3 Å². The molecular weight excluding hydrogens is 763 g/mol. The van der Waals surface area contributed by atoms with Gasteiger partial charge in [-0.1, -0.05) is 54.6 Å². The SMILES string of the molecule is CN(C(=O)c1cc(-c2cc3c(cc2C(=O)N2Cc4ccccc4C[C@H]2CN2CCOCC2)CN(S(=O)(=O)Cc2ccccc2)CC3)n2c1CCCC2)c1ccc(O)cc1. The van der Waals surface area contributed by atoms with Crippen molar-refractivity contribution in [1.29, 1.82) is 0 Å². The lowest BCUT2D eigenvalue weighted by Gasteiger charge is -2.41. The predicted molar refractivity (Wildman–Crippen MR) is 228 cm³/mol. The third kappa shape index (κ3) is 7.94. The summed E-state index contributed by atoms with van der Waals surface area (Å²) in [6.07, 6.45) is 3.87. The first-order valence-corrected chi connectivity index (χ1v) is 22.4. The van der Waals surface area contributed by atoms with E-state index in [4.69, 9.17) is 4.74 Å². The summed E-state index contributed by atoms with van der Waals surface area (Å²) in [5.41, 5.74) is 9.29. The molecule has 1 atom stereocenters. The van der Waals surface area contributed by atoms with E-state index in [0.717, 1.165) is 84.5 Å². The molecule has 59 heavy (non-hydrogen) atoms. The van der Waals surface area contributed by atoms with Crippen LogP contribution in [0.25, 0.3) is 11.3 Å². The number of aromatic nitrogens is 1. The van der Waals surface area contributed by atoms with Crippen molar-refractivity contribution in [2.24, 2.45) is 0 Å². The van der Waals surface area contributed by atoms with E-state index < -0.39 is 10.0 Å². The maximum absolute atomic E-state index is 15.5. The lowest BCUT2D eigenvalue weighted by atomic mass is 9.89. The van der Waals surface area contributed by atoms with Gasteiger partial charge in [-0.3, -0.25) is 14.5 Å². The molecule has 5 aromatic rings. The number of nitrogens with zero attached hydrogens (tertiary/aromatic N) is 5. The Kier molecular flexibility index (Phi) is 10.9. The van der Waals surface area contributed by atoms with Gasteiger partial charge in [-0.2, -0.15) is 4.31 Å². The summed E-state index contributed by atoms with van der Waals surface area (Å²) < 4.78 is 37.2. The number of hydrogen-bond donors (Lipinski definition) is 1. The molecule has 1 saturated heterocycles. The molecule has 9 rings (SSSR count). The van der Waals surface area contributed by atoms with Gasteiger partial charge in [-0.15, -0.1) is 0 Å². The molecule has 1 fully saturated rings. The number of fused-ring (bicyclic) bond motifs is 3. The lowest BCUT2D eigenvalue weighted by Crippen LogP contribution is -2.52. The molecule has 4 aromatic carbocycles. The summed E-state index contributed by atoms with van der Waals surface area (Å²) in [6.45, 7) is 5.37. The van der Waals surface area contributed by atoms with Crippen LogP contribution in [-0.2, 0) is 59.4 Å². The van der Waals surface area contributed by atoms with E-state index in [1.165, 1.54) is 5.56 Å². The van der Waals surface area contributed by atoms with Crippen molar-refractivity contribution in [3.8, 4) is 17.0 Å². The van der Waals surface area contributed by atoms with Crippen LogP contribution in [0.15, 0.2) is 97.1 Å². The van der Waals surface area contributed by atoms with Crippen LogP contribution in [0.5, 0.6) is 5.75 Å². The first kappa shape index (κ1) is 39.2. The molecule has 11 nitrogen and oxygen atoms in total. The van der Waals surface area contributed by atoms with Gasteiger partial charge in [0.05, 0.1) is 24.5 Å². The molecule has 1 aromatic heterocycles. The molecule has 0 aliphatic carbocycles. The van der Waals surface area contributed by atoms with Crippen molar-refractivity contribution in [3.05, 3.63) is 142 Å². The number of phenols is 1. The Bertz CT molecular complexity index is 2480. The number of aromatic hydroxyl groups is 1. The minimum absolute atomic E-state index is 0.0838. The lowest BCUT2D eigenvalue weighted by molar-refractivity contribution is 0.0193. The molecule has 5 heterocycles. The van der Waals surface area contributed by atoms with Crippen LogP contribution in [0.4, 0.5) is 5.69 Å². The van der Waals surface area contributed by atoms with Gasteiger partial charge in [0.1, 0.15) is 5.75 Å². The average Bonchev–Trinajstić information content (AvgIpc) is 3.65. The molecule has 1 N–H and O–H groups in total. The molecule has 0 radical (unpaired) electrons. The van der Waals surface area contributed by atoms with Crippen LogP contribution in [-0.4, -0.2) is 96.5 Å². The molecule has 0 spiro atoms. The third-order valence-electron chi connectivity index (χ3n) is 12.6. The summed E-state index contributed by atoms with van der Waals surface area (Å²) in [5, 5.41) is 9.91. The molecule has 12 heteroatoms. The van der Waals surface area contributed by atoms with Crippen molar-refractivity contribution in [3.63, 3.8) is 0 Å². The second-order valence-corrected chi connectivity index (χ2v) is 18.3. The van der Waals surface area contributed by atoms with E-state index >= 15 is 4.79 Å². The monoisotopic (exact) mass is 813 g/mol. The van der Waals surface area contributed by atoms with Crippen LogP contribution in [0.1, 0.15) is 67.1 Å². The number of morpholine rings is 1. The largest absolute Gasteiger partial charge is 0.508 e. The van der Waals surface area contributed by atoms with Gasteiger partial charge >= 0.3 is 0 Å². The fraction of sp³-hybridized carbons (Fsp3) is 0.362. The average molecular weight is 814 g/mol. The first-order valence-electron chi connectivity index (χ1n) is 20.8. The quantitative estimate of drug-likeness (QED) is 0.187. The highest BCUT2D eigenvalue weighted by Crippen LogP contribution is 2.38. The number of phenolic OH excluding ortho intramolecular Hbond substituents is 1. The molecule has 0 saturated carbocycles. The Hall–Kier alpha value is -5.27. The number of benzene rings is 4. The number of ether oxygens (including phenoxy) is 1. The van der Waals surface area contributed by atoms with Gasteiger partial charge in [0, 0.05) is 87.1 Å². The highest BCUT2D eigenvalue weighted by molar-refractivity contribution is 7.88. The molecular formula is C47H51N5O6S. The van der Waals surface area contributed by atoms with E-state index in [1.54, 1.807) is 40.5 Å². The second kappa shape index (κ2) is 16.4. The summed E-state index contributed by atoms with van der Waals surface area (Å²) in [7, 11) is -1.90. The minimum Gasteiger partial charge on any atom is -0.508 e. The van der Waals surface area contributed by atoms with Gasteiger partial charge in [-0.25, -0.2) is 8.42 Å². The predicted octanol–water partition coefficient (Wildman–Crippen LogP) is 6.26. The highest BCUT2D eigenvalue weighted by atomic mass is 32.2. The van der Waals surface area contributed by atoms with Crippen molar-refractivity contribution < 1.29 is 27.9 Å². The number of carbonyl (C=O) groups excluding carboxylic acids is 2. The van der Waals surface area contributed by atoms with Crippen molar-refractivity contribution >= 4 is 27.5 Å². The van der Waals surface area contributed by atoms with Crippen LogP contribution in [0.2, 0.25) is 0 Å². The standard InChI is InChI=1S/C47H51N5O6S/c1-48(38-14-16-40(53)17-15-38)46(54)43-28-45(51-19-8-7-13-44(43)51)41-26-35-18-20-50(59(56,57)32-33-9-3-2-4-10-33)29-37(35)27-42(41)47(55)52-30-36-12-6-5-11-34(36)25-39(52)31-49-21-23-58-24-22-49/h2-6,9-12,14-17,26-28,39,53H,7-8,13,18-25,29-32H2,1H3/t39-/m0/s1. The zero-order chi connectivity index (χ0) is 40.7. The highest BCUT2D eigenvalue weighted by Gasteiger charge is 2.36. The Labute approximate surface area is 346 Å². The molecule has 0 unspecified atom stereocenters. The van der Waals surface area contributed by atoms with E-state index in [0.29, 0.717) is 56.1 Å². The van der Waals surface area contributed by atoms with Crippen LogP contribution in [0, 0.1) is 0 Å². The first-order chi connectivity index (χ1) is 28.6. The normalized spacial score (nSPS) is 18.5. The molecule has 306 valence electrons. The smallest absolute Gasteiger partial charge is 0.259 e. The van der Waals surface area contributed by atoms with Gasteiger partial charge in [0.25, 0.3) is 11.8 Å². The summed E-state index contributed by atoms with van der Waals surface area (Å²) in [4.78, 5) is 35.9. The van der Waals surface area contributed by atoms with Crippen LogP contribution < -0.4 is 4.90 Å². The number of rotatable bonds is 9. The Morgan fingerprint density at radius 3 is 2.31 bits per heavy atom. The van der Waals surface area contributed by atoms with Gasteiger partial charge in [0.2, 0.25) is 10.0 Å². The zero-order valence-corrected chi connectivity index (χ0v) is 34.4. The second-order valence-electron chi connectivity index (χ2n) is 16.3. The number of sulfonamides is 1. The van der Waals surface area contributed by atoms with Crippen molar-refractivity contribution in [2.75, 3.05) is 51.3 Å². The number of amides is 2. The summed E-state index contributed by atoms with van der Waals surface area (Å²) in [6, 6.07) is 30.2. The molecule has 4 aliphatic rings. The maximum Gasteiger partial charge on any atom is 0.259 e. The fourth-order valence-electron chi connectivity index (χ4n) is 9.37. The summed E-state index contributed by atoms with van der Waals surface area (Å²) in [5.74, 6) is -0.213. The minimum atomic E-state index is -3.64. The molecule has 2 amide bonds. The number of anilines is 1. The van der Waals surface area contributed by atoms with Crippen LogP contribution >= 0.6 is 0 Å². The Morgan fingerprint density at radius 1 is 0.780 bits per heavy atom. The van der Waals surface area contributed by atoms with Gasteiger partial charge < -0.3 is 24.2 Å². The molecule has 0 bridgehead atoms. The molecule has 4 aliphatic heterocycles. The van der Waals surface area contributed by atoms with Gasteiger partial charge in [-0.05, 0) is 102 Å². The van der Waals surface area contributed by atoms with Crippen molar-refractivity contribution in [1.82, 2.24) is 18.7 Å². The number of hydrogen-bond acceptors (Lipinski definition) is 7. The summed E-state index contributed by atoms with van der Waals surface area (Å²) >= 11 is 0. The van der Waals surface area contributed by atoms with E-state index in [2.05, 4.69) is 33.7 Å².